The first kappa shape index (κ1) is 24.7. The van der Waals surface area contributed by atoms with Crippen molar-refractivity contribution >= 4 is 29.1 Å². The summed E-state index contributed by atoms with van der Waals surface area (Å²) in [4.78, 5) is 25.6. The van der Waals surface area contributed by atoms with Crippen molar-refractivity contribution in [2.45, 2.75) is 19.9 Å². The van der Waals surface area contributed by atoms with Crippen LogP contribution in [0.15, 0.2) is 78.9 Å². The number of hydrogen-bond donors (Lipinski definition) is 2. The molecule has 1 heterocycles. The molecule has 4 aromatic rings. The molecule has 180 valence electrons. The second-order valence-electron chi connectivity index (χ2n) is 8.21. The van der Waals surface area contributed by atoms with E-state index in [1.54, 1.807) is 36.4 Å². The lowest BCUT2D eigenvalue weighted by molar-refractivity contribution is -0.121. The van der Waals surface area contributed by atoms with Crippen LogP contribution in [-0.2, 0) is 11.3 Å². The van der Waals surface area contributed by atoms with Gasteiger partial charge in [0.05, 0.1) is 5.69 Å². The Balaban J connectivity index is 1.57. The zero-order chi connectivity index (χ0) is 25.5. The van der Waals surface area contributed by atoms with Crippen molar-refractivity contribution in [3.05, 3.63) is 112 Å². The van der Waals surface area contributed by atoms with Crippen LogP contribution < -0.4 is 10.6 Å². The van der Waals surface area contributed by atoms with Crippen LogP contribution in [0.5, 0.6) is 0 Å². The highest BCUT2D eigenvalue weighted by Gasteiger charge is 2.25. The Hall–Kier alpha value is -4.41. The lowest BCUT2D eigenvalue weighted by atomic mass is 10.0. The number of aromatic nitrogens is 2. The van der Waals surface area contributed by atoms with Crippen molar-refractivity contribution in [2.75, 3.05) is 11.9 Å². The molecule has 4 rings (SSSR count). The highest BCUT2D eigenvalue weighted by Crippen LogP contribution is 2.26. The molecule has 7 nitrogen and oxygen atoms in total. The van der Waals surface area contributed by atoms with E-state index in [9.17, 15) is 14.9 Å². The number of rotatable bonds is 9. The molecular formula is C28H24ClN5O2. The summed E-state index contributed by atoms with van der Waals surface area (Å²) in [6.07, 6.45) is 0.171. The smallest absolute Gasteiger partial charge is 0.222 e. The molecule has 1 aromatic heterocycles. The van der Waals surface area contributed by atoms with Crippen molar-refractivity contribution in [3.63, 3.8) is 0 Å². The van der Waals surface area contributed by atoms with Gasteiger partial charge >= 0.3 is 0 Å². The number of hydrogen-bond acceptors (Lipinski definition) is 5. The van der Waals surface area contributed by atoms with Gasteiger partial charge in [0.25, 0.3) is 0 Å². The quantitative estimate of drug-likeness (QED) is 0.315. The first-order valence-electron chi connectivity index (χ1n) is 11.4. The maximum atomic E-state index is 13.3. The lowest BCUT2D eigenvalue weighted by Gasteiger charge is -2.11. The summed E-state index contributed by atoms with van der Waals surface area (Å²) in [5.74, 6) is -0.160. The third kappa shape index (κ3) is 5.80. The summed E-state index contributed by atoms with van der Waals surface area (Å²) in [7, 11) is 0. The minimum Gasteiger partial charge on any atom is -0.368 e. The van der Waals surface area contributed by atoms with E-state index in [4.69, 9.17) is 11.6 Å². The van der Waals surface area contributed by atoms with Crippen molar-refractivity contribution in [1.29, 1.82) is 5.26 Å². The Labute approximate surface area is 214 Å². The van der Waals surface area contributed by atoms with E-state index in [0.717, 1.165) is 11.1 Å². The third-order valence-corrected chi connectivity index (χ3v) is 5.83. The summed E-state index contributed by atoms with van der Waals surface area (Å²) < 4.78 is 1.50. The molecule has 0 unspecified atom stereocenters. The zero-order valence-electron chi connectivity index (χ0n) is 19.7. The van der Waals surface area contributed by atoms with Gasteiger partial charge in [0.1, 0.15) is 17.5 Å². The molecule has 0 spiro atoms. The molecule has 0 aliphatic carbocycles. The van der Waals surface area contributed by atoms with Crippen LogP contribution >= 0.6 is 11.6 Å². The number of aryl methyl sites for hydroxylation is 1. The molecule has 2 N–H and O–H groups in total. The van der Waals surface area contributed by atoms with Gasteiger partial charge in [-0.3, -0.25) is 9.59 Å². The topological polar surface area (TPSA) is 99.8 Å². The minimum absolute atomic E-state index is 0.0346. The average Bonchev–Trinajstić information content (AvgIpc) is 3.27. The van der Waals surface area contributed by atoms with E-state index in [2.05, 4.69) is 21.8 Å². The summed E-state index contributed by atoms with van der Waals surface area (Å²) in [5.41, 5.74) is 3.23. The molecule has 0 aliphatic rings. The Morgan fingerprint density at radius 3 is 2.36 bits per heavy atom. The molecule has 0 bridgehead atoms. The number of halogens is 1. The summed E-state index contributed by atoms with van der Waals surface area (Å²) in [5, 5.41) is 21.0. The van der Waals surface area contributed by atoms with Crippen LogP contribution in [0.3, 0.4) is 0 Å². The highest BCUT2D eigenvalue weighted by molar-refractivity contribution is 6.30. The number of ketones is 1. The van der Waals surface area contributed by atoms with Gasteiger partial charge in [-0.05, 0) is 36.8 Å². The summed E-state index contributed by atoms with van der Waals surface area (Å²) >= 11 is 6.04. The van der Waals surface area contributed by atoms with E-state index >= 15 is 0 Å². The predicted molar refractivity (Wildman–Crippen MR) is 139 cm³/mol. The zero-order valence-corrected chi connectivity index (χ0v) is 20.4. The molecule has 3 aromatic carbocycles. The van der Waals surface area contributed by atoms with E-state index < -0.39 is 0 Å². The van der Waals surface area contributed by atoms with Crippen LogP contribution in [0.2, 0.25) is 5.02 Å². The Morgan fingerprint density at radius 2 is 1.69 bits per heavy atom. The number of nitriles is 1. The SMILES string of the molecule is Cc1ccc(C(=O)c2nn(-c3ccc(Cl)cc3)c(NCCC(=O)NCc3ccccc3)c2C#N)cc1. The van der Waals surface area contributed by atoms with Gasteiger partial charge < -0.3 is 10.6 Å². The third-order valence-electron chi connectivity index (χ3n) is 5.57. The molecule has 8 heteroatoms. The number of nitrogens with one attached hydrogen (secondary N) is 2. The van der Waals surface area contributed by atoms with Crippen LogP contribution in [0.25, 0.3) is 5.69 Å². The van der Waals surface area contributed by atoms with Gasteiger partial charge in [0.2, 0.25) is 11.7 Å². The van der Waals surface area contributed by atoms with E-state index in [0.29, 0.717) is 28.6 Å². The lowest BCUT2D eigenvalue weighted by Crippen LogP contribution is -2.25. The van der Waals surface area contributed by atoms with Crippen LogP contribution in [0, 0.1) is 18.3 Å². The summed E-state index contributed by atoms with van der Waals surface area (Å²) in [6.45, 7) is 2.61. The molecule has 0 saturated heterocycles. The number of nitrogens with zero attached hydrogens (tertiary/aromatic N) is 3. The molecule has 0 aliphatic heterocycles. The standard InChI is InChI=1S/C28H24ClN5O2/c1-19-7-9-21(10-8-19)27(36)26-24(17-30)28(34(33-26)23-13-11-22(29)12-14-23)31-16-15-25(35)32-18-20-5-3-2-4-6-20/h2-14,31H,15-16,18H2,1H3,(H,32,35). The van der Waals surface area contributed by atoms with Crippen molar-refractivity contribution < 1.29 is 9.59 Å². The van der Waals surface area contributed by atoms with Gasteiger partial charge in [-0.1, -0.05) is 71.8 Å². The fourth-order valence-corrected chi connectivity index (χ4v) is 3.76. The largest absolute Gasteiger partial charge is 0.368 e. The predicted octanol–water partition coefficient (Wildman–Crippen LogP) is 5.06. The maximum absolute atomic E-state index is 13.3. The first-order chi connectivity index (χ1) is 17.5. The van der Waals surface area contributed by atoms with Crippen LogP contribution in [0.1, 0.15) is 39.2 Å². The van der Waals surface area contributed by atoms with E-state index in [-0.39, 0.29) is 35.9 Å². The van der Waals surface area contributed by atoms with Crippen molar-refractivity contribution in [3.8, 4) is 11.8 Å². The number of anilines is 1. The van der Waals surface area contributed by atoms with Crippen molar-refractivity contribution in [1.82, 2.24) is 15.1 Å². The maximum Gasteiger partial charge on any atom is 0.222 e. The second-order valence-corrected chi connectivity index (χ2v) is 8.64. The molecule has 0 saturated carbocycles. The van der Waals surface area contributed by atoms with Gasteiger partial charge in [0.15, 0.2) is 5.69 Å². The Bertz CT molecular complexity index is 1410. The molecule has 1 amide bonds. The average molecular weight is 498 g/mol. The van der Waals surface area contributed by atoms with Crippen LogP contribution in [-0.4, -0.2) is 28.0 Å². The van der Waals surface area contributed by atoms with Gasteiger partial charge in [-0.2, -0.15) is 10.4 Å². The monoisotopic (exact) mass is 497 g/mol. The van der Waals surface area contributed by atoms with Gasteiger partial charge in [0, 0.05) is 30.1 Å². The number of benzene rings is 3. The van der Waals surface area contributed by atoms with Crippen LogP contribution in [0.4, 0.5) is 5.82 Å². The van der Waals surface area contributed by atoms with Crippen molar-refractivity contribution in [2.24, 2.45) is 0 Å². The normalized spacial score (nSPS) is 10.5. The Morgan fingerprint density at radius 1 is 1.00 bits per heavy atom. The molecule has 0 fully saturated rings. The fraction of sp³-hybridized carbons (Fsp3) is 0.143. The number of carbonyl (C=O) groups is 2. The molecule has 0 radical (unpaired) electrons. The molecule has 0 atom stereocenters. The number of amides is 1. The molecule has 36 heavy (non-hydrogen) atoms. The minimum atomic E-state index is -0.358. The van der Waals surface area contributed by atoms with E-state index in [1.165, 1.54) is 4.68 Å². The van der Waals surface area contributed by atoms with Gasteiger partial charge in [-0.15, -0.1) is 0 Å². The fourth-order valence-electron chi connectivity index (χ4n) is 3.64. The molecular weight excluding hydrogens is 474 g/mol. The highest BCUT2D eigenvalue weighted by atomic mass is 35.5. The first-order valence-corrected chi connectivity index (χ1v) is 11.8. The second kappa shape index (κ2) is 11.3. The number of carbonyl (C=O) groups excluding carboxylic acids is 2. The Kier molecular flexibility index (Phi) is 7.79. The van der Waals surface area contributed by atoms with Gasteiger partial charge in [-0.25, -0.2) is 4.68 Å². The summed E-state index contributed by atoms with van der Waals surface area (Å²) in [6, 6.07) is 25.7. The van der Waals surface area contributed by atoms with E-state index in [1.807, 2.05) is 49.4 Å².